The summed E-state index contributed by atoms with van der Waals surface area (Å²) >= 11 is 1.50. The molecule has 0 radical (unpaired) electrons. The Kier molecular flexibility index (Phi) is 3.96. The minimum Gasteiger partial charge on any atom is -0.306 e. The van der Waals surface area contributed by atoms with E-state index in [1.165, 1.54) is 24.1 Å². The van der Waals surface area contributed by atoms with E-state index >= 15 is 0 Å². The van der Waals surface area contributed by atoms with Crippen molar-refractivity contribution in [2.75, 3.05) is 7.05 Å². The van der Waals surface area contributed by atoms with Crippen LogP contribution in [0.25, 0.3) is 27.6 Å². The molecular weight excluding hydrogens is 361 g/mol. The van der Waals surface area contributed by atoms with Crippen molar-refractivity contribution in [2.45, 2.75) is 11.1 Å². The molecule has 2 aromatic heterocycles. The maximum absolute atomic E-state index is 12.9. The maximum Gasteiger partial charge on any atom is 0.416 e. The molecule has 2 aromatic carbocycles. The first-order valence-corrected chi connectivity index (χ1v) is 8.69. The summed E-state index contributed by atoms with van der Waals surface area (Å²) in [5.74, 6) is 0. The number of halogens is 3. The summed E-state index contributed by atoms with van der Waals surface area (Å²) in [6, 6.07) is 11.2. The fraction of sp³-hybridized carbons (Fsp3) is 0.167. The molecule has 0 saturated carbocycles. The molecule has 0 aliphatic heterocycles. The first-order valence-electron chi connectivity index (χ1n) is 7.87. The van der Waals surface area contributed by atoms with Gasteiger partial charge in [0.2, 0.25) is 0 Å². The normalized spacial score (nSPS) is 12.3. The highest BCUT2D eigenvalue weighted by molar-refractivity contribution is 7.97. The Balaban J connectivity index is 1.95. The van der Waals surface area contributed by atoms with Gasteiger partial charge in [0.05, 0.1) is 16.6 Å². The molecule has 4 rings (SSSR count). The standard InChI is InChI=1S/C18H15F3N4S/c1-22-26-13-7-8-15-14(9-13)17-16(10-24(2)23-17)25(15)12-5-3-11(4-6-12)18(19,20)21/h3-10,22H,1-2H3. The van der Waals surface area contributed by atoms with Gasteiger partial charge in [0.25, 0.3) is 0 Å². The Labute approximate surface area is 151 Å². The molecule has 4 nitrogen and oxygen atoms in total. The van der Waals surface area contributed by atoms with Crippen molar-refractivity contribution in [2.24, 2.45) is 7.05 Å². The molecule has 0 bridgehead atoms. The summed E-state index contributed by atoms with van der Waals surface area (Å²) in [5, 5.41) is 5.49. The lowest BCUT2D eigenvalue weighted by molar-refractivity contribution is -0.137. The van der Waals surface area contributed by atoms with Gasteiger partial charge in [-0.1, -0.05) is 0 Å². The molecule has 4 aromatic rings. The van der Waals surface area contributed by atoms with E-state index in [1.807, 2.05) is 43.1 Å². The van der Waals surface area contributed by atoms with E-state index in [0.29, 0.717) is 5.69 Å². The molecule has 1 N–H and O–H groups in total. The van der Waals surface area contributed by atoms with Crippen LogP contribution in [0.1, 0.15) is 5.56 Å². The second kappa shape index (κ2) is 6.07. The van der Waals surface area contributed by atoms with Gasteiger partial charge in [0.1, 0.15) is 5.52 Å². The van der Waals surface area contributed by atoms with E-state index in [9.17, 15) is 13.2 Å². The number of alkyl halides is 3. The number of fused-ring (bicyclic) bond motifs is 3. The van der Waals surface area contributed by atoms with Gasteiger partial charge in [-0.2, -0.15) is 18.3 Å². The molecule has 0 atom stereocenters. The molecule has 134 valence electrons. The minimum atomic E-state index is -4.35. The number of nitrogens with zero attached hydrogens (tertiary/aromatic N) is 3. The second-order valence-electron chi connectivity index (χ2n) is 5.90. The summed E-state index contributed by atoms with van der Waals surface area (Å²) in [6.45, 7) is 0. The smallest absolute Gasteiger partial charge is 0.306 e. The number of aromatic nitrogens is 3. The van der Waals surface area contributed by atoms with Crippen molar-refractivity contribution >= 4 is 33.9 Å². The van der Waals surface area contributed by atoms with E-state index in [1.54, 1.807) is 4.68 Å². The number of hydrogen-bond donors (Lipinski definition) is 1. The molecule has 0 amide bonds. The van der Waals surface area contributed by atoms with Crippen LogP contribution in [-0.2, 0) is 13.2 Å². The van der Waals surface area contributed by atoms with Crippen LogP contribution in [0, 0.1) is 0 Å². The molecule has 0 fully saturated rings. The average molecular weight is 376 g/mol. The van der Waals surface area contributed by atoms with Crippen LogP contribution in [0.15, 0.2) is 53.6 Å². The largest absolute Gasteiger partial charge is 0.416 e. The highest BCUT2D eigenvalue weighted by Crippen LogP contribution is 2.35. The van der Waals surface area contributed by atoms with Crippen LogP contribution in [0.3, 0.4) is 0 Å². The number of benzene rings is 2. The van der Waals surface area contributed by atoms with Crippen molar-refractivity contribution in [3.05, 3.63) is 54.2 Å². The van der Waals surface area contributed by atoms with E-state index in [4.69, 9.17) is 0 Å². The van der Waals surface area contributed by atoms with Crippen LogP contribution < -0.4 is 4.72 Å². The molecule has 0 saturated heterocycles. The Morgan fingerprint density at radius 2 is 1.77 bits per heavy atom. The van der Waals surface area contributed by atoms with Gasteiger partial charge in [0.15, 0.2) is 0 Å². The summed E-state index contributed by atoms with van der Waals surface area (Å²) < 4.78 is 45.3. The Bertz CT molecular complexity index is 1090. The minimum absolute atomic E-state index is 0.659. The van der Waals surface area contributed by atoms with Crippen LogP contribution in [0.2, 0.25) is 0 Å². The number of rotatable bonds is 3. The Morgan fingerprint density at radius 3 is 2.42 bits per heavy atom. The first kappa shape index (κ1) is 17.0. The molecule has 0 aliphatic carbocycles. The molecule has 2 heterocycles. The fourth-order valence-corrected chi connectivity index (χ4v) is 3.67. The third-order valence-electron chi connectivity index (χ3n) is 4.19. The summed E-state index contributed by atoms with van der Waals surface area (Å²) in [5.41, 5.74) is 2.59. The molecular formula is C18H15F3N4S. The summed E-state index contributed by atoms with van der Waals surface area (Å²) in [6.07, 6.45) is -2.47. The predicted octanol–water partition coefficient (Wildman–Crippen LogP) is 4.76. The van der Waals surface area contributed by atoms with Gasteiger partial charge in [-0.25, -0.2) is 0 Å². The van der Waals surface area contributed by atoms with Crippen LogP contribution in [0.5, 0.6) is 0 Å². The maximum atomic E-state index is 12.9. The zero-order valence-corrected chi connectivity index (χ0v) is 14.8. The summed E-state index contributed by atoms with van der Waals surface area (Å²) in [7, 11) is 3.67. The van der Waals surface area contributed by atoms with Crippen molar-refractivity contribution in [1.29, 1.82) is 0 Å². The van der Waals surface area contributed by atoms with Crippen LogP contribution >= 0.6 is 11.9 Å². The molecule has 0 aliphatic rings. The quantitative estimate of drug-likeness (QED) is 0.524. The first-order chi connectivity index (χ1) is 12.4. The van der Waals surface area contributed by atoms with Gasteiger partial charge in [-0.3, -0.25) is 9.40 Å². The highest BCUT2D eigenvalue weighted by atomic mass is 32.2. The topological polar surface area (TPSA) is 34.8 Å². The predicted molar refractivity (Wildman–Crippen MR) is 97.5 cm³/mol. The Morgan fingerprint density at radius 1 is 1.04 bits per heavy atom. The SMILES string of the molecule is CNSc1ccc2c(c1)c1nn(C)cc1n2-c1ccc(C(F)(F)F)cc1. The zero-order chi connectivity index (χ0) is 18.5. The lowest BCUT2D eigenvalue weighted by Crippen LogP contribution is -2.05. The monoisotopic (exact) mass is 376 g/mol. The van der Waals surface area contributed by atoms with E-state index in [0.717, 1.165) is 39.0 Å². The van der Waals surface area contributed by atoms with Crippen LogP contribution in [-0.4, -0.2) is 21.4 Å². The number of hydrogen-bond acceptors (Lipinski definition) is 3. The fourth-order valence-electron chi connectivity index (χ4n) is 3.12. The third kappa shape index (κ3) is 2.75. The van der Waals surface area contributed by atoms with Crippen LogP contribution in [0.4, 0.5) is 13.2 Å². The van der Waals surface area contributed by atoms with Gasteiger partial charge in [0, 0.05) is 29.2 Å². The lowest BCUT2D eigenvalue weighted by atomic mass is 10.2. The zero-order valence-electron chi connectivity index (χ0n) is 14.0. The van der Waals surface area contributed by atoms with Gasteiger partial charge < -0.3 is 4.57 Å². The van der Waals surface area contributed by atoms with E-state index in [2.05, 4.69) is 9.82 Å². The van der Waals surface area contributed by atoms with Gasteiger partial charge >= 0.3 is 6.18 Å². The van der Waals surface area contributed by atoms with Crippen molar-refractivity contribution < 1.29 is 13.2 Å². The molecule has 8 heteroatoms. The lowest BCUT2D eigenvalue weighted by Gasteiger charge is -2.10. The second-order valence-corrected chi connectivity index (χ2v) is 6.99. The molecule has 0 unspecified atom stereocenters. The summed E-state index contributed by atoms with van der Waals surface area (Å²) in [4.78, 5) is 1.04. The molecule has 0 spiro atoms. The Hall–Kier alpha value is -2.45. The van der Waals surface area contributed by atoms with Crippen molar-refractivity contribution in [1.82, 2.24) is 19.1 Å². The van der Waals surface area contributed by atoms with E-state index < -0.39 is 11.7 Å². The number of nitrogens with one attached hydrogen (secondary N) is 1. The average Bonchev–Trinajstić information content (AvgIpc) is 3.09. The van der Waals surface area contributed by atoms with Gasteiger partial charge in [-0.15, -0.1) is 0 Å². The number of aryl methyl sites for hydroxylation is 1. The molecule has 26 heavy (non-hydrogen) atoms. The van der Waals surface area contributed by atoms with Gasteiger partial charge in [-0.05, 0) is 61.5 Å². The van der Waals surface area contributed by atoms with Crippen molar-refractivity contribution in [3.63, 3.8) is 0 Å². The highest BCUT2D eigenvalue weighted by Gasteiger charge is 2.30. The van der Waals surface area contributed by atoms with E-state index in [-0.39, 0.29) is 0 Å². The third-order valence-corrected chi connectivity index (χ3v) is 4.88. The van der Waals surface area contributed by atoms with Crippen molar-refractivity contribution in [3.8, 4) is 5.69 Å².